The molecule has 0 saturated heterocycles. The third-order valence-electron chi connectivity index (χ3n) is 5.74. The number of hydrogen-bond acceptors (Lipinski definition) is 9. The van der Waals surface area contributed by atoms with Gasteiger partial charge < -0.3 is 30.0 Å². The Labute approximate surface area is 202 Å². The zero-order valence-electron chi connectivity index (χ0n) is 18.9. The largest absolute Gasteiger partial charge is 0.456 e. The number of fused-ring (bicyclic) bond motifs is 6. The van der Waals surface area contributed by atoms with Crippen LogP contribution >= 0.6 is 0 Å². The Balaban J connectivity index is 1.83. The number of esters is 3. The van der Waals surface area contributed by atoms with Gasteiger partial charge in [-0.2, -0.15) is 0 Å². The molecule has 5 rings (SSSR count). The van der Waals surface area contributed by atoms with E-state index < -0.39 is 46.6 Å². The van der Waals surface area contributed by atoms with Crippen LogP contribution in [0.4, 0.5) is 14.5 Å². The first-order valence-corrected chi connectivity index (χ1v) is 10.7. The molecule has 0 bridgehead atoms. The van der Waals surface area contributed by atoms with Crippen LogP contribution in [-0.2, 0) is 19.9 Å². The molecule has 1 spiro atoms. The van der Waals surface area contributed by atoms with Gasteiger partial charge in [0.05, 0.1) is 29.0 Å². The van der Waals surface area contributed by atoms with Crippen LogP contribution < -0.4 is 25.3 Å². The van der Waals surface area contributed by atoms with Crippen LogP contribution in [0, 0.1) is 11.6 Å². The Morgan fingerprint density at radius 2 is 1.50 bits per heavy atom. The highest BCUT2D eigenvalue weighted by atomic mass is 19.1. The van der Waals surface area contributed by atoms with Crippen molar-refractivity contribution in [1.82, 2.24) is 0 Å². The maximum atomic E-state index is 15.1. The number of hydrogen-bond donors (Lipinski definition) is 2. The van der Waals surface area contributed by atoms with Crippen molar-refractivity contribution in [3.8, 4) is 23.0 Å². The van der Waals surface area contributed by atoms with Crippen molar-refractivity contribution in [3.05, 3.63) is 76.4 Å². The molecule has 0 aromatic heterocycles. The van der Waals surface area contributed by atoms with Crippen LogP contribution in [-0.4, -0.2) is 24.6 Å². The van der Waals surface area contributed by atoms with Gasteiger partial charge in [0, 0.05) is 31.5 Å². The Bertz CT molecular complexity index is 1400. The molecule has 2 heterocycles. The highest BCUT2D eigenvalue weighted by Gasteiger charge is 2.55. The lowest BCUT2D eigenvalue weighted by atomic mass is 9.77. The van der Waals surface area contributed by atoms with Gasteiger partial charge in [-0.25, -0.2) is 13.6 Å². The van der Waals surface area contributed by atoms with Crippen molar-refractivity contribution in [2.24, 2.45) is 5.73 Å². The fourth-order valence-electron chi connectivity index (χ4n) is 4.49. The number of halogens is 2. The summed E-state index contributed by atoms with van der Waals surface area (Å²) in [7, 11) is 0. The highest BCUT2D eigenvalue weighted by molar-refractivity contribution is 6.02. The first-order valence-electron chi connectivity index (χ1n) is 10.7. The molecule has 2 aliphatic heterocycles. The van der Waals surface area contributed by atoms with Crippen LogP contribution in [0.5, 0.6) is 23.0 Å². The maximum Gasteiger partial charge on any atom is 0.342 e. The molecule has 0 aliphatic carbocycles. The summed E-state index contributed by atoms with van der Waals surface area (Å²) in [6.07, 6.45) is 0. The van der Waals surface area contributed by atoms with Crippen LogP contribution in [0.2, 0.25) is 0 Å². The van der Waals surface area contributed by atoms with E-state index >= 15 is 8.78 Å². The number of anilines is 1. The van der Waals surface area contributed by atoms with Crippen molar-refractivity contribution >= 4 is 23.6 Å². The summed E-state index contributed by atoms with van der Waals surface area (Å²) < 4.78 is 51.8. The van der Waals surface area contributed by atoms with E-state index in [2.05, 4.69) is 5.32 Å². The van der Waals surface area contributed by atoms with Gasteiger partial charge in [-0.05, 0) is 18.2 Å². The number of ether oxygens (including phenoxy) is 4. The fraction of sp³-hybridized carbons (Fsp3) is 0.160. The van der Waals surface area contributed by atoms with E-state index in [4.69, 9.17) is 24.7 Å². The standard InChI is InChI=1S/C25H18F2N2O7/c1-11(30)33-21-8-19-14(6-16(21)26)25(13-4-3-5-18(29-10-28)23(13)24(32)36-25)15-7-17(27)22(34-12(2)31)9-20(15)35-19/h3-9,29H,10,28H2,1-2H3. The van der Waals surface area contributed by atoms with Gasteiger partial charge >= 0.3 is 17.9 Å². The lowest BCUT2D eigenvalue weighted by Crippen LogP contribution is -2.33. The topological polar surface area (TPSA) is 126 Å². The number of carbonyl (C=O) groups is 3. The van der Waals surface area contributed by atoms with Gasteiger partial charge in [-0.3, -0.25) is 9.59 Å². The SMILES string of the molecule is CC(=O)Oc1cc2c(cc1F)C1(OC(=O)c3c(NCN)cccc31)c1cc(F)c(OC(C)=O)cc1O2. The van der Waals surface area contributed by atoms with E-state index in [1.54, 1.807) is 18.2 Å². The van der Waals surface area contributed by atoms with Crippen molar-refractivity contribution < 1.29 is 42.1 Å². The minimum Gasteiger partial charge on any atom is -0.456 e. The Morgan fingerprint density at radius 3 is 2.00 bits per heavy atom. The summed E-state index contributed by atoms with van der Waals surface area (Å²) in [6, 6.07) is 9.07. The van der Waals surface area contributed by atoms with Crippen LogP contribution in [0.1, 0.15) is 40.9 Å². The summed E-state index contributed by atoms with van der Waals surface area (Å²) in [4.78, 5) is 36.1. The molecular weight excluding hydrogens is 478 g/mol. The Kier molecular flexibility index (Phi) is 5.36. The van der Waals surface area contributed by atoms with Crippen molar-refractivity contribution in [2.45, 2.75) is 19.4 Å². The smallest absolute Gasteiger partial charge is 0.342 e. The molecule has 184 valence electrons. The predicted molar refractivity (Wildman–Crippen MR) is 120 cm³/mol. The van der Waals surface area contributed by atoms with E-state index in [-0.39, 0.29) is 40.4 Å². The second kappa shape index (κ2) is 8.31. The van der Waals surface area contributed by atoms with E-state index in [0.29, 0.717) is 5.69 Å². The zero-order chi connectivity index (χ0) is 25.8. The molecule has 0 radical (unpaired) electrons. The first-order chi connectivity index (χ1) is 17.1. The molecule has 3 aromatic carbocycles. The average Bonchev–Trinajstić information content (AvgIpc) is 3.10. The summed E-state index contributed by atoms with van der Waals surface area (Å²) in [6.45, 7) is 2.21. The molecule has 9 nitrogen and oxygen atoms in total. The van der Waals surface area contributed by atoms with E-state index in [9.17, 15) is 14.4 Å². The van der Waals surface area contributed by atoms with Crippen molar-refractivity contribution in [1.29, 1.82) is 0 Å². The summed E-state index contributed by atoms with van der Waals surface area (Å²) in [5, 5.41) is 2.87. The van der Waals surface area contributed by atoms with Gasteiger partial charge in [0.15, 0.2) is 28.7 Å². The minimum atomic E-state index is -1.84. The van der Waals surface area contributed by atoms with Gasteiger partial charge in [0.25, 0.3) is 0 Å². The van der Waals surface area contributed by atoms with Crippen LogP contribution in [0.25, 0.3) is 0 Å². The van der Waals surface area contributed by atoms with E-state index in [1.165, 1.54) is 0 Å². The molecule has 0 fully saturated rings. The third kappa shape index (κ3) is 3.43. The normalized spacial score (nSPS) is 14.2. The summed E-state index contributed by atoms with van der Waals surface area (Å²) in [5.74, 6) is -5.09. The van der Waals surface area contributed by atoms with E-state index in [1.807, 2.05) is 0 Å². The monoisotopic (exact) mass is 496 g/mol. The molecule has 3 aromatic rings. The number of nitrogens with two attached hydrogens (primary N) is 1. The highest BCUT2D eigenvalue weighted by Crippen LogP contribution is 2.58. The van der Waals surface area contributed by atoms with Gasteiger partial charge in [0.1, 0.15) is 11.5 Å². The average molecular weight is 496 g/mol. The lowest BCUT2D eigenvalue weighted by molar-refractivity contribution is -0.133. The molecule has 2 aliphatic rings. The number of rotatable bonds is 4. The summed E-state index contributed by atoms with van der Waals surface area (Å²) in [5.41, 5.74) is 4.58. The van der Waals surface area contributed by atoms with E-state index in [0.717, 1.165) is 38.1 Å². The predicted octanol–water partition coefficient (Wildman–Crippen LogP) is 3.71. The molecule has 0 saturated carbocycles. The van der Waals surface area contributed by atoms with Crippen LogP contribution in [0.15, 0.2) is 42.5 Å². The number of benzene rings is 3. The molecule has 11 heteroatoms. The first kappa shape index (κ1) is 23.2. The van der Waals surface area contributed by atoms with Crippen molar-refractivity contribution in [3.63, 3.8) is 0 Å². The fourth-order valence-corrected chi connectivity index (χ4v) is 4.49. The quantitative estimate of drug-likeness (QED) is 0.316. The minimum absolute atomic E-state index is 0.00770. The molecular formula is C25H18F2N2O7. The van der Waals surface area contributed by atoms with Crippen molar-refractivity contribution in [2.75, 3.05) is 12.0 Å². The number of carbonyl (C=O) groups excluding carboxylic acids is 3. The molecule has 3 N–H and O–H groups in total. The molecule has 0 atom stereocenters. The second-order valence-corrected chi connectivity index (χ2v) is 8.03. The molecule has 36 heavy (non-hydrogen) atoms. The Hall–Kier alpha value is -4.51. The molecule has 0 amide bonds. The van der Waals surface area contributed by atoms with Gasteiger partial charge in [0.2, 0.25) is 0 Å². The maximum absolute atomic E-state index is 15.1. The lowest BCUT2D eigenvalue weighted by Gasteiger charge is -2.36. The van der Waals surface area contributed by atoms with Gasteiger partial charge in [-0.15, -0.1) is 0 Å². The molecule has 0 unspecified atom stereocenters. The summed E-state index contributed by atoms with van der Waals surface area (Å²) >= 11 is 0. The van der Waals surface area contributed by atoms with Crippen LogP contribution in [0.3, 0.4) is 0 Å². The second-order valence-electron chi connectivity index (χ2n) is 8.03. The zero-order valence-corrected chi connectivity index (χ0v) is 18.9. The number of nitrogens with one attached hydrogen (secondary N) is 1. The Morgan fingerprint density at radius 1 is 0.944 bits per heavy atom. The van der Waals surface area contributed by atoms with Gasteiger partial charge in [-0.1, -0.05) is 12.1 Å². The third-order valence-corrected chi connectivity index (χ3v) is 5.74.